The first-order valence-electron chi connectivity index (χ1n) is 6.39. The summed E-state index contributed by atoms with van der Waals surface area (Å²) in [5.74, 6) is -0.0290. The third kappa shape index (κ3) is 3.13. The van der Waals surface area contributed by atoms with Gasteiger partial charge in [0.1, 0.15) is 5.15 Å². The number of likely N-dealkylation sites (tertiary alicyclic amines) is 1. The number of carbonyl (C=O) groups is 1. The van der Waals surface area contributed by atoms with Crippen molar-refractivity contribution in [2.24, 2.45) is 0 Å². The minimum Gasteiger partial charge on any atom is -0.397 e. The zero-order valence-electron chi connectivity index (χ0n) is 10.4. The lowest BCUT2D eigenvalue weighted by atomic mass is 10.1. The molecule has 98 valence electrons. The van der Waals surface area contributed by atoms with E-state index in [-0.39, 0.29) is 5.91 Å². The molecule has 1 amide bonds. The average Bonchev–Trinajstić information content (AvgIpc) is 2.31. The summed E-state index contributed by atoms with van der Waals surface area (Å²) in [4.78, 5) is 18.1. The van der Waals surface area contributed by atoms with Crippen LogP contribution in [0.2, 0.25) is 5.15 Å². The summed E-state index contributed by atoms with van der Waals surface area (Å²) in [6.07, 6.45) is 7.21. The van der Waals surface area contributed by atoms with Gasteiger partial charge in [0.2, 0.25) is 0 Å². The van der Waals surface area contributed by atoms with Gasteiger partial charge in [0.25, 0.3) is 5.91 Å². The molecule has 1 fully saturated rings. The molecule has 0 spiro atoms. The van der Waals surface area contributed by atoms with Gasteiger partial charge >= 0.3 is 0 Å². The van der Waals surface area contributed by atoms with E-state index in [1.165, 1.54) is 25.5 Å². The van der Waals surface area contributed by atoms with Gasteiger partial charge in [-0.2, -0.15) is 0 Å². The summed E-state index contributed by atoms with van der Waals surface area (Å²) in [6, 6.07) is 1.55. The van der Waals surface area contributed by atoms with E-state index >= 15 is 0 Å². The van der Waals surface area contributed by atoms with Gasteiger partial charge in [-0.05, 0) is 18.9 Å². The first-order chi connectivity index (χ1) is 8.68. The van der Waals surface area contributed by atoms with Crippen molar-refractivity contribution in [1.29, 1.82) is 0 Å². The van der Waals surface area contributed by atoms with Crippen LogP contribution in [-0.4, -0.2) is 28.9 Å². The van der Waals surface area contributed by atoms with Crippen LogP contribution in [-0.2, 0) is 0 Å². The Bertz CT molecular complexity index is 428. The smallest absolute Gasteiger partial charge is 0.256 e. The first kappa shape index (κ1) is 13.1. The lowest BCUT2D eigenvalue weighted by molar-refractivity contribution is 0.0743. The number of carbonyl (C=O) groups excluding carboxylic acids is 1. The van der Waals surface area contributed by atoms with Crippen LogP contribution >= 0.6 is 11.6 Å². The van der Waals surface area contributed by atoms with Crippen LogP contribution in [0.3, 0.4) is 0 Å². The zero-order chi connectivity index (χ0) is 13.0. The fourth-order valence-electron chi connectivity index (χ4n) is 2.25. The highest BCUT2D eigenvalue weighted by atomic mass is 35.5. The fraction of sp³-hybridized carbons (Fsp3) is 0.538. The zero-order valence-corrected chi connectivity index (χ0v) is 11.1. The molecule has 5 heteroatoms. The van der Waals surface area contributed by atoms with Crippen molar-refractivity contribution in [3.63, 3.8) is 0 Å². The molecule has 0 radical (unpaired) electrons. The van der Waals surface area contributed by atoms with Crippen LogP contribution < -0.4 is 5.73 Å². The first-order valence-corrected chi connectivity index (χ1v) is 6.76. The number of nitrogens with two attached hydrogens (primary N) is 1. The normalized spacial score (nSPS) is 17.1. The summed E-state index contributed by atoms with van der Waals surface area (Å²) >= 11 is 5.82. The lowest BCUT2D eigenvalue weighted by Crippen LogP contribution is -2.34. The quantitative estimate of drug-likeness (QED) is 0.796. The number of nitrogen functional groups attached to an aromatic ring is 1. The second kappa shape index (κ2) is 6.05. The van der Waals surface area contributed by atoms with Crippen LogP contribution in [0.4, 0.5) is 5.69 Å². The molecule has 18 heavy (non-hydrogen) atoms. The number of rotatable bonds is 1. The largest absolute Gasteiger partial charge is 0.397 e. The summed E-state index contributed by atoms with van der Waals surface area (Å²) in [5.41, 5.74) is 6.66. The van der Waals surface area contributed by atoms with Crippen molar-refractivity contribution in [1.82, 2.24) is 9.88 Å². The lowest BCUT2D eigenvalue weighted by Gasteiger charge is -2.25. The van der Waals surface area contributed by atoms with Gasteiger partial charge in [-0.25, -0.2) is 4.98 Å². The molecular weight excluding hydrogens is 250 g/mol. The highest BCUT2D eigenvalue weighted by molar-refractivity contribution is 6.29. The van der Waals surface area contributed by atoms with Crippen LogP contribution in [0, 0.1) is 0 Å². The third-order valence-electron chi connectivity index (χ3n) is 3.28. The predicted molar refractivity (Wildman–Crippen MR) is 72.6 cm³/mol. The number of amides is 1. The van der Waals surface area contributed by atoms with Crippen LogP contribution in [0.15, 0.2) is 12.3 Å². The van der Waals surface area contributed by atoms with Crippen molar-refractivity contribution in [2.45, 2.75) is 32.1 Å². The number of halogens is 1. The molecule has 0 aliphatic carbocycles. The molecule has 2 rings (SSSR count). The Labute approximate surface area is 112 Å². The number of aromatic nitrogens is 1. The van der Waals surface area contributed by atoms with E-state index in [2.05, 4.69) is 4.98 Å². The Morgan fingerprint density at radius 1 is 1.22 bits per heavy atom. The molecule has 1 saturated heterocycles. The molecule has 1 aromatic heterocycles. The topological polar surface area (TPSA) is 59.2 Å². The second-order valence-electron chi connectivity index (χ2n) is 4.65. The average molecular weight is 268 g/mol. The molecule has 0 atom stereocenters. The van der Waals surface area contributed by atoms with Gasteiger partial charge in [-0.3, -0.25) is 4.79 Å². The maximum absolute atomic E-state index is 12.4. The molecule has 0 aromatic carbocycles. The maximum atomic E-state index is 12.4. The summed E-state index contributed by atoms with van der Waals surface area (Å²) in [7, 11) is 0. The Morgan fingerprint density at radius 3 is 2.50 bits per heavy atom. The Morgan fingerprint density at radius 2 is 1.83 bits per heavy atom. The molecule has 1 aliphatic rings. The van der Waals surface area contributed by atoms with Crippen molar-refractivity contribution in [3.8, 4) is 0 Å². The molecule has 1 aromatic rings. The van der Waals surface area contributed by atoms with Gasteiger partial charge in [-0.15, -0.1) is 0 Å². The maximum Gasteiger partial charge on any atom is 0.256 e. The molecular formula is C13H18ClN3O. The van der Waals surface area contributed by atoms with Crippen molar-refractivity contribution in [2.75, 3.05) is 18.8 Å². The van der Waals surface area contributed by atoms with E-state index in [1.54, 1.807) is 6.07 Å². The van der Waals surface area contributed by atoms with E-state index in [0.717, 1.165) is 25.9 Å². The van der Waals surface area contributed by atoms with Gasteiger partial charge in [0.05, 0.1) is 17.4 Å². The van der Waals surface area contributed by atoms with Crippen molar-refractivity contribution >= 4 is 23.2 Å². The van der Waals surface area contributed by atoms with Crippen molar-refractivity contribution in [3.05, 3.63) is 23.0 Å². The van der Waals surface area contributed by atoms with Gasteiger partial charge < -0.3 is 10.6 Å². The van der Waals surface area contributed by atoms with E-state index in [1.807, 2.05) is 4.90 Å². The number of nitrogens with zero attached hydrogens (tertiary/aromatic N) is 2. The molecule has 4 nitrogen and oxygen atoms in total. The van der Waals surface area contributed by atoms with Gasteiger partial charge in [0.15, 0.2) is 0 Å². The van der Waals surface area contributed by atoms with Gasteiger partial charge in [-0.1, -0.05) is 30.9 Å². The van der Waals surface area contributed by atoms with Crippen LogP contribution in [0.1, 0.15) is 42.5 Å². The van der Waals surface area contributed by atoms with Crippen molar-refractivity contribution < 1.29 is 4.79 Å². The minimum atomic E-state index is -0.0290. The number of anilines is 1. The second-order valence-corrected chi connectivity index (χ2v) is 5.04. The minimum absolute atomic E-state index is 0.0290. The molecule has 2 heterocycles. The monoisotopic (exact) mass is 267 g/mol. The summed E-state index contributed by atoms with van der Waals surface area (Å²) in [5, 5.41) is 0.305. The van der Waals surface area contributed by atoms with Gasteiger partial charge in [0, 0.05) is 13.1 Å². The number of pyridine rings is 1. The van der Waals surface area contributed by atoms with E-state index in [4.69, 9.17) is 17.3 Å². The Balaban J connectivity index is 2.15. The standard InChI is InChI=1S/C13H18ClN3O/c14-12-8-10(11(15)9-16-12)13(18)17-6-4-2-1-3-5-7-17/h8-9H,1-7,15H2. The molecule has 2 N–H and O–H groups in total. The number of hydrogen-bond donors (Lipinski definition) is 1. The molecule has 0 bridgehead atoms. The van der Waals surface area contributed by atoms with E-state index in [0.29, 0.717) is 16.4 Å². The predicted octanol–water partition coefficient (Wildman–Crippen LogP) is 2.72. The molecule has 0 unspecified atom stereocenters. The number of hydrogen-bond acceptors (Lipinski definition) is 3. The third-order valence-corrected chi connectivity index (χ3v) is 3.48. The Kier molecular flexibility index (Phi) is 4.42. The molecule has 1 aliphatic heterocycles. The fourth-order valence-corrected chi connectivity index (χ4v) is 2.40. The SMILES string of the molecule is Nc1cnc(Cl)cc1C(=O)N1CCCCCCC1. The van der Waals surface area contributed by atoms with Crippen LogP contribution in [0.25, 0.3) is 0 Å². The van der Waals surface area contributed by atoms with E-state index < -0.39 is 0 Å². The molecule has 0 saturated carbocycles. The highest BCUT2D eigenvalue weighted by Crippen LogP contribution is 2.19. The van der Waals surface area contributed by atoms with Crippen LogP contribution in [0.5, 0.6) is 0 Å². The van der Waals surface area contributed by atoms with E-state index in [9.17, 15) is 4.79 Å². The Hall–Kier alpha value is -1.29. The highest BCUT2D eigenvalue weighted by Gasteiger charge is 2.19. The summed E-state index contributed by atoms with van der Waals surface area (Å²) in [6.45, 7) is 1.61. The summed E-state index contributed by atoms with van der Waals surface area (Å²) < 4.78 is 0.